The van der Waals surface area contributed by atoms with Crippen LogP contribution in [0.1, 0.15) is 51.3 Å². The molecule has 7 nitrogen and oxygen atoms in total. The molecule has 0 aliphatic carbocycles. The van der Waals surface area contributed by atoms with Gasteiger partial charge in [-0.3, -0.25) is 4.79 Å². The summed E-state index contributed by atoms with van der Waals surface area (Å²) in [5, 5.41) is 18.9. The second-order valence-electron chi connectivity index (χ2n) is 8.86. The molecule has 3 N–H and O–H groups in total. The molecule has 0 amide bonds. The molecule has 0 saturated carbocycles. The molecule has 36 heavy (non-hydrogen) atoms. The lowest BCUT2D eigenvalue weighted by Gasteiger charge is -2.26. The Morgan fingerprint density at radius 3 is 1.97 bits per heavy atom. The van der Waals surface area contributed by atoms with Gasteiger partial charge in [-0.1, -0.05) is 30.3 Å². The fourth-order valence-electron chi connectivity index (χ4n) is 3.09. The summed E-state index contributed by atoms with van der Waals surface area (Å²) in [7, 11) is 0. The van der Waals surface area contributed by atoms with Gasteiger partial charge in [0.15, 0.2) is 11.6 Å². The third-order valence-corrected chi connectivity index (χ3v) is 4.54. The Labute approximate surface area is 207 Å². The van der Waals surface area contributed by atoms with E-state index in [1.54, 1.807) is 20.8 Å². The Morgan fingerprint density at radius 2 is 1.47 bits per heavy atom. The highest BCUT2D eigenvalue weighted by molar-refractivity contribution is 5.89. The topological polar surface area (TPSA) is 113 Å². The van der Waals surface area contributed by atoms with Crippen LogP contribution < -0.4 is 5.32 Å². The van der Waals surface area contributed by atoms with Crippen molar-refractivity contribution in [2.75, 3.05) is 0 Å². The van der Waals surface area contributed by atoms with Gasteiger partial charge in [0.05, 0.1) is 6.42 Å². The number of nitrogens with one attached hydrogen (secondary N) is 1. The van der Waals surface area contributed by atoms with Crippen molar-refractivity contribution in [3.8, 4) is 0 Å². The fraction of sp³-hybridized carbons (Fsp3) is 0.346. The third-order valence-electron chi connectivity index (χ3n) is 4.54. The van der Waals surface area contributed by atoms with E-state index in [0.29, 0.717) is 18.2 Å². The fourth-order valence-corrected chi connectivity index (χ4v) is 3.09. The van der Waals surface area contributed by atoms with Crippen LogP contribution >= 0.6 is 0 Å². The highest BCUT2D eigenvalue weighted by Crippen LogP contribution is 2.20. The van der Waals surface area contributed by atoms with Gasteiger partial charge >= 0.3 is 17.9 Å². The lowest BCUT2D eigenvalue weighted by molar-refractivity contribution is -0.155. The maximum atomic E-state index is 14.1. The molecule has 0 heterocycles. The Balaban J connectivity index is 0.000000697. The molecular weight excluding hydrogens is 479 g/mol. The Bertz CT molecular complexity index is 1050. The number of aliphatic carboxylic acids is 2. The summed E-state index contributed by atoms with van der Waals surface area (Å²) >= 11 is 0. The maximum Gasteiger partial charge on any atom is 0.328 e. The van der Waals surface area contributed by atoms with Crippen LogP contribution in [-0.4, -0.2) is 39.8 Å². The normalized spacial score (nSPS) is 12.9. The number of halogens is 3. The number of carboxylic acid groups (broad SMARTS) is 2. The first-order valence-corrected chi connectivity index (χ1v) is 11.0. The lowest BCUT2D eigenvalue weighted by Crippen LogP contribution is -2.37. The average Bonchev–Trinajstić information content (AvgIpc) is 2.75. The zero-order chi connectivity index (χ0) is 27.5. The van der Waals surface area contributed by atoms with Crippen molar-refractivity contribution in [2.24, 2.45) is 0 Å². The van der Waals surface area contributed by atoms with E-state index in [9.17, 15) is 27.6 Å². The molecule has 2 aromatic carbocycles. The van der Waals surface area contributed by atoms with Crippen molar-refractivity contribution in [3.05, 3.63) is 83.2 Å². The molecule has 0 fully saturated rings. The second kappa shape index (κ2) is 14.0. The summed E-state index contributed by atoms with van der Waals surface area (Å²) in [6.07, 6.45) is 1.09. The molecule has 2 atom stereocenters. The smallest absolute Gasteiger partial charge is 0.328 e. The zero-order valence-corrected chi connectivity index (χ0v) is 20.4. The predicted molar refractivity (Wildman–Crippen MR) is 127 cm³/mol. The summed E-state index contributed by atoms with van der Waals surface area (Å²) in [6.45, 7) is 7.19. The van der Waals surface area contributed by atoms with Crippen LogP contribution in [0.25, 0.3) is 0 Å². The van der Waals surface area contributed by atoms with Gasteiger partial charge < -0.3 is 20.3 Å². The number of esters is 1. The minimum Gasteiger partial charge on any atom is -0.478 e. The van der Waals surface area contributed by atoms with E-state index in [1.807, 2.05) is 37.3 Å². The number of ether oxygens (including phenoxy) is 1. The van der Waals surface area contributed by atoms with E-state index >= 15 is 0 Å². The highest BCUT2D eigenvalue weighted by atomic mass is 19.2. The number of carboxylic acids is 2. The standard InChI is InChI=1S/C22H26F3NO2.C4H4O4/c1-14(15-8-6-5-7-9-15)26-17(12-21(27)28-22(2,3)4)10-16-11-19(24)20(25)13-18(16)23;5-3(6)1-2-4(7)8/h5-9,11,13-14,17,26H,10,12H2,1-4H3;1-2H,(H,5,6)(H,7,8)/b;2-1-/t14-,17-;/m1./s1. The number of hydrogen-bond acceptors (Lipinski definition) is 5. The quantitative estimate of drug-likeness (QED) is 0.253. The molecule has 0 unspecified atom stereocenters. The molecule has 0 aromatic heterocycles. The molecule has 0 aliphatic heterocycles. The van der Waals surface area contributed by atoms with E-state index < -0.39 is 47.0 Å². The number of carbonyl (C=O) groups excluding carboxylic acids is 1. The predicted octanol–water partition coefficient (Wildman–Crippen LogP) is 4.81. The summed E-state index contributed by atoms with van der Waals surface area (Å²) in [4.78, 5) is 31.4. The van der Waals surface area contributed by atoms with E-state index in [4.69, 9.17) is 14.9 Å². The van der Waals surface area contributed by atoms with Gasteiger partial charge in [0, 0.05) is 30.3 Å². The second-order valence-corrected chi connectivity index (χ2v) is 8.86. The number of hydrogen-bond donors (Lipinski definition) is 3. The first kappa shape index (κ1) is 30.4. The minimum atomic E-state index is -1.26. The monoisotopic (exact) mass is 509 g/mol. The van der Waals surface area contributed by atoms with Crippen molar-refractivity contribution >= 4 is 17.9 Å². The summed E-state index contributed by atoms with van der Waals surface area (Å²) < 4.78 is 46.3. The third kappa shape index (κ3) is 12.2. The van der Waals surface area contributed by atoms with Gasteiger partial charge in [-0.25, -0.2) is 22.8 Å². The van der Waals surface area contributed by atoms with Crippen molar-refractivity contribution in [3.63, 3.8) is 0 Å². The largest absolute Gasteiger partial charge is 0.478 e. The average molecular weight is 510 g/mol. The summed E-state index contributed by atoms with van der Waals surface area (Å²) in [5.74, 6) is -6.17. The molecule has 0 aliphatic rings. The number of benzene rings is 2. The molecule has 196 valence electrons. The van der Waals surface area contributed by atoms with E-state index in [2.05, 4.69) is 5.32 Å². The molecule has 0 bridgehead atoms. The Kier molecular flexibility index (Phi) is 11.8. The van der Waals surface area contributed by atoms with Gasteiger partial charge in [0.1, 0.15) is 11.4 Å². The Morgan fingerprint density at radius 1 is 0.944 bits per heavy atom. The first-order valence-electron chi connectivity index (χ1n) is 11.0. The zero-order valence-electron chi connectivity index (χ0n) is 20.4. The van der Waals surface area contributed by atoms with Crippen LogP contribution in [0.3, 0.4) is 0 Å². The highest BCUT2D eigenvalue weighted by Gasteiger charge is 2.24. The summed E-state index contributed by atoms with van der Waals surface area (Å²) in [5.41, 5.74) is 0.336. The van der Waals surface area contributed by atoms with Crippen LogP contribution in [0.5, 0.6) is 0 Å². The van der Waals surface area contributed by atoms with E-state index in [-0.39, 0.29) is 24.4 Å². The lowest BCUT2D eigenvalue weighted by atomic mass is 9.99. The first-order chi connectivity index (χ1) is 16.7. The van der Waals surface area contributed by atoms with Gasteiger partial charge in [-0.2, -0.15) is 0 Å². The number of rotatable bonds is 9. The van der Waals surface area contributed by atoms with Crippen LogP contribution in [0.4, 0.5) is 13.2 Å². The molecule has 2 aromatic rings. The Hall–Kier alpha value is -3.66. The van der Waals surface area contributed by atoms with Crippen LogP contribution in [0.2, 0.25) is 0 Å². The van der Waals surface area contributed by atoms with Gasteiger partial charge in [-0.15, -0.1) is 0 Å². The summed E-state index contributed by atoms with van der Waals surface area (Å²) in [6, 6.07) is 10.2. The van der Waals surface area contributed by atoms with E-state index in [1.165, 1.54) is 0 Å². The van der Waals surface area contributed by atoms with Crippen molar-refractivity contribution < 1.29 is 42.5 Å². The molecule has 0 saturated heterocycles. The minimum absolute atomic E-state index is 0.000204. The molecule has 2 rings (SSSR count). The van der Waals surface area contributed by atoms with Crippen molar-refractivity contribution in [1.29, 1.82) is 0 Å². The van der Waals surface area contributed by atoms with E-state index in [0.717, 1.165) is 11.6 Å². The SMILES string of the molecule is C[C@@H](N[C@@H](CC(=O)OC(C)(C)C)Cc1cc(F)c(F)cc1F)c1ccccc1.O=C(O)/C=C\C(=O)O. The van der Waals surface area contributed by atoms with Crippen molar-refractivity contribution in [1.82, 2.24) is 5.32 Å². The number of carbonyl (C=O) groups is 3. The van der Waals surface area contributed by atoms with Gasteiger partial charge in [-0.05, 0) is 51.3 Å². The molecule has 0 radical (unpaired) electrons. The van der Waals surface area contributed by atoms with Crippen LogP contribution in [0, 0.1) is 17.5 Å². The van der Waals surface area contributed by atoms with Crippen LogP contribution in [0.15, 0.2) is 54.6 Å². The molecule has 0 spiro atoms. The van der Waals surface area contributed by atoms with Crippen molar-refractivity contribution in [2.45, 2.75) is 58.2 Å². The molecular formula is C26H30F3NO6. The van der Waals surface area contributed by atoms with Crippen LogP contribution in [-0.2, 0) is 25.5 Å². The van der Waals surface area contributed by atoms with Gasteiger partial charge in [0.2, 0.25) is 0 Å². The maximum absolute atomic E-state index is 14.1. The molecule has 10 heteroatoms. The van der Waals surface area contributed by atoms with Gasteiger partial charge in [0.25, 0.3) is 0 Å².